The maximum atomic E-state index is 12.9. The lowest BCUT2D eigenvalue weighted by molar-refractivity contribution is -0.122. The van der Waals surface area contributed by atoms with Gasteiger partial charge in [0.1, 0.15) is 11.4 Å². The predicted molar refractivity (Wildman–Crippen MR) is 80.7 cm³/mol. The molecule has 1 unspecified atom stereocenters. The van der Waals surface area contributed by atoms with Gasteiger partial charge < -0.3 is 11.1 Å². The normalized spacial score (nSPS) is 13.6. The third-order valence-electron chi connectivity index (χ3n) is 3.15. The Labute approximate surface area is 125 Å². The van der Waals surface area contributed by atoms with Gasteiger partial charge in [-0.25, -0.2) is 4.39 Å². The zero-order valence-corrected chi connectivity index (χ0v) is 12.4. The highest BCUT2D eigenvalue weighted by molar-refractivity contribution is 9.10. The first kappa shape index (κ1) is 14.5. The standard InChI is InChI=1S/C15H14BrFN2O/c1-15(14(18)20,10-2-4-11(16)5-3-10)19-13-8-6-12(17)7-9-13/h2-9,19H,1H3,(H2,18,20). The van der Waals surface area contributed by atoms with Crippen molar-refractivity contribution in [2.75, 3.05) is 5.32 Å². The second-order valence-corrected chi connectivity index (χ2v) is 5.54. The van der Waals surface area contributed by atoms with E-state index in [-0.39, 0.29) is 5.82 Å². The second kappa shape index (κ2) is 5.63. The van der Waals surface area contributed by atoms with Gasteiger partial charge in [0.05, 0.1) is 0 Å². The van der Waals surface area contributed by atoms with E-state index in [2.05, 4.69) is 21.2 Å². The first-order valence-corrected chi connectivity index (χ1v) is 6.81. The van der Waals surface area contributed by atoms with Crippen LogP contribution < -0.4 is 11.1 Å². The third kappa shape index (κ3) is 2.99. The molecule has 1 amide bonds. The fourth-order valence-electron chi connectivity index (χ4n) is 1.88. The van der Waals surface area contributed by atoms with Crippen LogP contribution in [0.1, 0.15) is 12.5 Å². The molecule has 20 heavy (non-hydrogen) atoms. The average Bonchev–Trinajstić information content (AvgIpc) is 2.42. The number of benzene rings is 2. The zero-order chi connectivity index (χ0) is 14.8. The van der Waals surface area contributed by atoms with Crippen molar-refractivity contribution in [3.63, 3.8) is 0 Å². The smallest absolute Gasteiger partial charge is 0.247 e. The number of rotatable bonds is 4. The van der Waals surface area contributed by atoms with Crippen molar-refractivity contribution in [3.05, 3.63) is 64.4 Å². The fraction of sp³-hybridized carbons (Fsp3) is 0.133. The molecule has 3 N–H and O–H groups in total. The molecule has 104 valence electrons. The minimum Gasteiger partial charge on any atom is -0.368 e. The maximum absolute atomic E-state index is 12.9. The number of nitrogens with two attached hydrogens (primary N) is 1. The van der Waals surface area contributed by atoms with Crippen molar-refractivity contribution < 1.29 is 9.18 Å². The number of nitrogens with one attached hydrogen (secondary N) is 1. The summed E-state index contributed by atoms with van der Waals surface area (Å²) in [7, 11) is 0. The van der Waals surface area contributed by atoms with E-state index in [1.54, 1.807) is 19.1 Å². The largest absolute Gasteiger partial charge is 0.368 e. The molecule has 3 nitrogen and oxygen atoms in total. The van der Waals surface area contributed by atoms with Crippen molar-refractivity contribution in [1.29, 1.82) is 0 Å². The van der Waals surface area contributed by atoms with E-state index in [0.717, 1.165) is 10.0 Å². The highest BCUT2D eigenvalue weighted by Crippen LogP contribution is 2.27. The monoisotopic (exact) mass is 336 g/mol. The van der Waals surface area contributed by atoms with Crippen LogP contribution >= 0.6 is 15.9 Å². The summed E-state index contributed by atoms with van der Waals surface area (Å²) in [5.74, 6) is -0.843. The molecule has 2 aromatic rings. The number of primary amides is 1. The molecular formula is C15H14BrFN2O. The maximum Gasteiger partial charge on any atom is 0.247 e. The molecule has 0 saturated carbocycles. The lowest BCUT2D eigenvalue weighted by Gasteiger charge is -2.29. The van der Waals surface area contributed by atoms with Gasteiger partial charge in [-0.15, -0.1) is 0 Å². The Kier molecular flexibility index (Phi) is 4.09. The van der Waals surface area contributed by atoms with Gasteiger partial charge in [-0.2, -0.15) is 0 Å². The van der Waals surface area contributed by atoms with E-state index in [1.165, 1.54) is 12.1 Å². The van der Waals surface area contributed by atoms with E-state index in [9.17, 15) is 9.18 Å². The molecule has 0 aliphatic heterocycles. The van der Waals surface area contributed by atoms with Crippen LogP contribution in [-0.2, 0) is 10.3 Å². The van der Waals surface area contributed by atoms with E-state index >= 15 is 0 Å². The van der Waals surface area contributed by atoms with Gasteiger partial charge in [-0.05, 0) is 48.9 Å². The molecule has 0 spiro atoms. The molecule has 0 bridgehead atoms. The summed E-state index contributed by atoms with van der Waals surface area (Å²) in [4.78, 5) is 11.9. The lowest BCUT2D eigenvalue weighted by Crippen LogP contribution is -2.45. The number of hydrogen-bond donors (Lipinski definition) is 2. The molecular weight excluding hydrogens is 323 g/mol. The van der Waals surface area contributed by atoms with Crippen LogP contribution in [0.5, 0.6) is 0 Å². The molecule has 0 aliphatic rings. The van der Waals surface area contributed by atoms with Crippen LogP contribution in [0.3, 0.4) is 0 Å². The first-order chi connectivity index (χ1) is 9.41. The van der Waals surface area contributed by atoms with Crippen LogP contribution in [0.4, 0.5) is 10.1 Å². The molecule has 0 aromatic heterocycles. The summed E-state index contributed by atoms with van der Waals surface area (Å²) in [5, 5.41) is 3.06. The molecule has 5 heteroatoms. The Morgan fingerprint density at radius 2 is 1.70 bits per heavy atom. The average molecular weight is 337 g/mol. The molecule has 2 rings (SSSR count). The highest BCUT2D eigenvalue weighted by Gasteiger charge is 2.33. The summed E-state index contributed by atoms with van der Waals surface area (Å²) in [6.45, 7) is 1.70. The molecule has 0 radical (unpaired) electrons. The van der Waals surface area contributed by atoms with Crippen molar-refractivity contribution in [2.24, 2.45) is 5.73 Å². The van der Waals surface area contributed by atoms with Gasteiger partial charge in [0, 0.05) is 10.2 Å². The second-order valence-electron chi connectivity index (χ2n) is 4.63. The molecule has 2 aromatic carbocycles. The third-order valence-corrected chi connectivity index (χ3v) is 3.68. The van der Waals surface area contributed by atoms with Crippen molar-refractivity contribution in [1.82, 2.24) is 0 Å². The van der Waals surface area contributed by atoms with Crippen molar-refractivity contribution in [3.8, 4) is 0 Å². The lowest BCUT2D eigenvalue weighted by atomic mass is 9.91. The van der Waals surface area contributed by atoms with Gasteiger partial charge in [0.25, 0.3) is 0 Å². The molecule has 0 aliphatic carbocycles. The quantitative estimate of drug-likeness (QED) is 0.898. The Bertz CT molecular complexity index is 613. The zero-order valence-electron chi connectivity index (χ0n) is 10.9. The molecule has 0 saturated heterocycles. The van der Waals surface area contributed by atoms with Gasteiger partial charge in [0.15, 0.2) is 0 Å². The van der Waals surface area contributed by atoms with E-state index in [0.29, 0.717) is 5.69 Å². The van der Waals surface area contributed by atoms with Crippen molar-refractivity contribution in [2.45, 2.75) is 12.5 Å². The van der Waals surface area contributed by atoms with E-state index < -0.39 is 11.4 Å². The Hall–Kier alpha value is -1.88. The number of carbonyl (C=O) groups is 1. The Balaban J connectivity index is 2.37. The molecule has 0 heterocycles. The van der Waals surface area contributed by atoms with Crippen LogP contribution in [0.2, 0.25) is 0 Å². The van der Waals surface area contributed by atoms with Crippen LogP contribution in [-0.4, -0.2) is 5.91 Å². The van der Waals surface area contributed by atoms with Crippen LogP contribution in [0.15, 0.2) is 53.0 Å². The summed E-state index contributed by atoms with van der Waals surface area (Å²) in [5.41, 5.74) is 5.82. The Morgan fingerprint density at radius 1 is 1.15 bits per heavy atom. The van der Waals surface area contributed by atoms with E-state index in [1.807, 2.05) is 24.3 Å². The van der Waals surface area contributed by atoms with Gasteiger partial charge in [0.2, 0.25) is 5.91 Å². The minimum atomic E-state index is -1.07. The summed E-state index contributed by atoms with van der Waals surface area (Å²) >= 11 is 3.35. The number of halogens is 2. The Morgan fingerprint density at radius 3 is 2.20 bits per heavy atom. The van der Waals surface area contributed by atoms with Gasteiger partial charge >= 0.3 is 0 Å². The van der Waals surface area contributed by atoms with Crippen LogP contribution in [0, 0.1) is 5.82 Å². The predicted octanol–water partition coefficient (Wildman–Crippen LogP) is 3.40. The minimum absolute atomic E-state index is 0.333. The number of anilines is 1. The van der Waals surface area contributed by atoms with Crippen molar-refractivity contribution >= 4 is 27.5 Å². The van der Waals surface area contributed by atoms with E-state index in [4.69, 9.17) is 5.73 Å². The molecule has 0 fully saturated rings. The first-order valence-electron chi connectivity index (χ1n) is 6.01. The SMILES string of the molecule is CC(Nc1ccc(F)cc1)(C(N)=O)c1ccc(Br)cc1. The highest BCUT2D eigenvalue weighted by atomic mass is 79.9. The van der Waals surface area contributed by atoms with Crippen LogP contribution in [0.25, 0.3) is 0 Å². The topological polar surface area (TPSA) is 55.1 Å². The number of carbonyl (C=O) groups excluding carboxylic acids is 1. The number of hydrogen-bond acceptors (Lipinski definition) is 2. The van der Waals surface area contributed by atoms with Gasteiger partial charge in [-0.1, -0.05) is 28.1 Å². The number of amides is 1. The molecule has 1 atom stereocenters. The summed E-state index contributed by atoms with van der Waals surface area (Å²) < 4.78 is 13.8. The fourth-order valence-corrected chi connectivity index (χ4v) is 2.15. The summed E-state index contributed by atoms with van der Waals surface area (Å²) in [6.07, 6.45) is 0. The summed E-state index contributed by atoms with van der Waals surface area (Å²) in [6, 6.07) is 13.1. The van der Waals surface area contributed by atoms with Gasteiger partial charge in [-0.3, -0.25) is 4.79 Å².